The van der Waals surface area contributed by atoms with Gasteiger partial charge in [0.2, 0.25) is 5.91 Å². The molecule has 0 saturated carbocycles. The topological polar surface area (TPSA) is 55.9 Å². The summed E-state index contributed by atoms with van der Waals surface area (Å²) in [6.45, 7) is 5.02. The van der Waals surface area contributed by atoms with Crippen LogP contribution in [0, 0.1) is 0 Å². The van der Waals surface area contributed by atoms with Crippen molar-refractivity contribution in [3.05, 3.63) is 64.2 Å². The van der Waals surface area contributed by atoms with Crippen LogP contribution in [0.1, 0.15) is 30.5 Å². The van der Waals surface area contributed by atoms with Crippen LogP contribution in [-0.4, -0.2) is 68.1 Å². The molecule has 212 valence electrons. The highest BCUT2D eigenvalue weighted by atomic mass is 35.5. The summed E-state index contributed by atoms with van der Waals surface area (Å²) in [6, 6.07) is 12.0. The molecule has 3 rings (SSSR count). The molecule has 1 aliphatic heterocycles. The number of carbonyl (C=O) groups excluding carboxylic acids is 2. The minimum absolute atomic E-state index is 0. The molecular weight excluding hydrogens is 564 g/mol. The molecule has 2 amide bonds. The number of hydrogen-bond donors (Lipinski definition) is 1. The Bertz CT molecular complexity index is 1110. The summed E-state index contributed by atoms with van der Waals surface area (Å²) in [7, 11) is 3.67. The van der Waals surface area contributed by atoms with Crippen molar-refractivity contribution >= 4 is 53.9 Å². The van der Waals surface area contributed by atoms with Crippen LogP contribution in [0.5, 0.6) is 0 Å². The van der Waals surface area contributed by atoms with Crippen molar-refractivity contribution in [2.45, 2.75) is 38.5 Å². The third kappa shape index (κ3) is 8.23. The number of benzene rings is 2. The highest BCUT2D eigenvalue weighted by Crippen LogP contribution is 2.36. The van der Waals surface area contributed by atoms with Crippen molar-refractivity contribution in [1.29, 1.82) is 0 Å². The van der Waals surface area contributed by atoms with E-state index in [1.807, 2.05) is 38.9 Å². The summed E-state index contributed by atoms with van der Waals surface area (Å²) in [4.78, 5) is 30.0. The first kappa shape index (κ1) is 34.0. The largest absolute Gasteiger partial charge is 0.471 e. The molecule has 38 heavy (non-hydrogen) atoms. The number of amides is 2. The molecule has 0 aromatic heterocycles. The maximum Gasteiger partial charge on any atom is 0.471 e. The fourth-order valence-corrected chi connectivity index (χ4v) is 4.54. The highest BCUT2D eigenvalue weighted by molar-refractivity contribution is 6.31. The van der Waals surface area contributed by atoms with Crippen molar-refractivity contribution in [1.82, 2.24) is 15.1 Å². The fourth-order valence-electron chi connectivity index (χ4n) is 4.34. The van der Waals surface area contributed by atoms with Gasteiger partial charge in [-0.3, -0.25) is 14.5 Å². The van der Waals surface area contributed by atoms with Gasteiger partial charge in [-0.25, -0.2) is 0 Å². The lowest BCUT2D eigenvalue weighted by atomic mass is 9.78. The van der Waals surface area contributed by atoms with Crippen LogP contribution in [-0.2, 0) is 28.1 Å². The zero-order chi connectivity index (χ0) is 26.7. The summed E-state index contributed by atoms with van der Waals surface area (Å²) < 4.78 is 41.2. The number of alkyl halides is 3. The molecule has 0 bridgehead atoms. The Labute approximate surface area is 239 Å². The number of anilines is 1. The summed E-state index contributed by atoms with van der Waals surface area (Å²) in [5, 5.41) is 3.67. The van der Waals surface area contributed by atoms with E-state index in [0.29, 0.717) is 40.7 Å². The molecule has 2 aromatic rings. The Morgan fingerprint density at radius 3 is 2.29 bits per heavy atom. The SMILES string of the molecule is CN(C)CCN(Cc1ccccc1Cl)C(=O)CN(C(=O)C(F)(F)F)c1cccc2c1CNCC2(C)C.Cl.Cl. The quantitative estimate of drug-likeness (QED) is 0.463. The molecule has 1 aliphatic rings. The minimum atomic E-state index is -5.14. The molecule has 0 atom stereocenters. The van der Waals surface area contributed by atoms with Gasteiger partial charge in [0.25, 0.3) is 0 Å². The predicted octanol–water partition coefficient (Wildman–Crippen LogP) is 5.05. The summed E-state index contributed by atoms with van der Waals surface area (Å²) in [5.74, 6) is -2.67. The number of nitrogens with one attached hydrogen (secondary N) is 1. The van der Waals surface area contributed by atoms with E-state index in [2.05, 4.69) is 5.32 Å². The molecule has 0 spiro atoms. The van der Waals surface area contributed by atoms with Gasteiger partial charge in [-0.15, -0.1) is 24.8 Å². The van der Waals surface area contributed by atoms with Crippen LogP contribution in [0.3, 0.4) is 0 Å². The van der Waals surface area contributed by atoms with Gasteiger partial charge in [-0.1, -0.05) is 55.8 Å². The van der Waals surface area contributed by atoms with Crippen molar-refractivity contribution in [3.63, 3.8) is 0 Å². The van der Waals surface area contributed by atoms with E-state index in [1.54, 1.807) is 30.3 Å². The second-order valence-electron chi connectivity index (χ2n) is 9.89. The first-order valence-corrected chi connectivity index (χ1v) is 12.1. The Morgan fingerprint density at radius 2 is 1.68 bits per heavy atom. The standard InChI is InChI=1S/C26H32ClF3N4O2.2ClH/c1-25(2)17-31-14-19-20(25)9-7-11-22(19)34(24(36)26(28,29)30)16-23(35)33(13-12-32(3)4)15-18-8-5-6-10-21(18)27;;/h5-11,31H,12-17H2,1-4H3;2*1H. The van der Waals surface area contributed by atoms with Crippen molar-refractivity contribution in [2.24, 2.45) is 0 Å². The molecule has 0 unspecified atom stereocenters. The molecule has 0 radical (unpaired) electrons. The van der Waals surface area contributed by atoms with E-state index in [4.69, 9.17) is 11.6 Å². The second kappa shape index (κ2) is 13.8. The average Bonchev–Trinajstić information content (AvgIpc) is 2.79. The van der Waals surface area contributed by atoms with E-state index in [9.17, 15) is 22.8 Å². The number of carbonyl (C=O) groups is 2. The summed E-state index contributed by atoms with van der Waals surface area (Å²) >= 11 is 6.29. The molecule has 6 nitrogen and oxygen atoms in total. The predicted molar refractivity (Wildman–Crippen MR) is 150 cm³/mol. The molecule has 1 heterocycles. The van der Waals surface area contributed by atoms with Crippen LogP contribution in [0.2, 0.25) is 5.02 Å². The van der Waals surface area contributed by atoms with Crippen LogP contribution in [0.15, 0.2) is 42.5 Å². The Balaban J connectivity index is 0.00000361. The maximum atomic E-state index is 13.7. The zero-order valence-corrected chi connectivity index (χ0v) is 24.2. The number of nitrogens with zero attached hydrogens (tertiary/aromatic N) is 3. The van der Waals surface area contributed by atoms with Gasteiger partial charge >= 0.3 is 12.1 Å². The molecule has 0 aliphatic carbocycles. The fraction of sp³-hybridized carbons (Fsp3) is 0.462. The van der Waals surface area contributed by atoms with Gasteiger partial charge in [0.15, 0.2) is 0 Å². The first-order chi connectivity index (χ1) is 16.8. The van der Waals surface area contributed by atoms with Gasteiger partial charge < -0.3 is 15.1 Å². The van der Waals surface area contributed by atoms with Gasteiger partial charge in [-0.2, -0.15) is 13.2 Å². The van der Waals surface area contributed by atoms with Crippen LogP contribution in [0.4, 0.5) is 18.9 Å². The summed E-state index contributed by atoms with van der Waals surface area (Å²) in [6.07, 6.45) is -5.14. The molecule has 0 fully saturated rings. The monoisotopic (exact) mass is 596 g/mol. The van der Waals surface area contributed by atoms with Crippen LogP contribution in [0.25, 0.3) is 0 Å². The number of fused-ring (bicyclic) bond motifs is 1. The minimum Gasteiger partial charge on any atom is -0.335 e. The summed E-state index contributed by atoms with van der Waals surface area (Å²) in [5.41, 5.74) is 1.86. The molecular formula is C26H34Cl3F3N4O2. The van der Waals surface area contributed by atoms with E-state index >= 15 is 0 Å². The smallest absolute Gasteiger partial charge is 0.335 e. The number of likely N-dealkylation sites (N-methyl/N-ethyl adjacent to an activating group) is 1. The maximum absolute atomic E-state index is 13.7. The Kier molecular flexibility index (Phi) is 12.4. The lowest BCUT2D eigenvalue weighted by molar-refractivity contribution is -0.170. The Morgan fingerprint density at radius 1 is 1.03 bits per heavy atom. The normalized spacial score (nSPS) is 14.1. The van der Waals surface area contributed by atoms with Gasteiger partial charge in [0, 0.05) is 48.8 Å². The van der Waals surface area contributed by atoms with E-state index < -0.39 is 24.5 Å². The number of rotatable bonds is 8. The van der Waals surface area contributed by atoms with E-state index in [0.717, 1.165) is 5.56 Å². The van der Waals surface area contributed by atoms with Crippen LogP contribution < -0.4 is 10.2 Å². The molecule has 0 saturated heterocycles. The van der Waals surface area contributed by atoms with E-state index in [-0.39, 0.29) is 49.0 Å². The van der Waals surface area contributed by atoms with Gasteiger partial charge in [0.05, 0.1) is 0 Å². The van der Waals surface area contributed by atoms with Crippen molar-refractivity contribution in [3.8, 4) is 0 Å². The Hall–Kier alpha value is -2.04. The lowest BCUT2D eigenvalue weighted by Crippen LogP contribution is -2.49. The van der Waals surface area contributed by atoms with Gasteiger partial charge in [0.1, 0.15) is 6.54 Å². The number of hydrogen-bond acceptors (Lipinski definition) is 4. The van der Waals surface area contributed by atoms with Crippen LogP contribution >= 0.6 is 36.4 Å². The molecule has 1 N–H and O–H groups in total. The average molecular weight is 598 g/mol. The van der Waals surface area contributed by atoms with Gasteiger partial charge in [-0.05, 0) is 42.9 Å². The molecule has 12 heteroatoms. The number of halogens is 6. The zero-order valence-electron chi connectivity index (χ0n) is 21.8. The second-order valence-corrected chi connectivity index (χ2v) is 10.3. The third-order valence-corrected chi connectivity index (χ3v) is 6.68. The van der Waals surface area contributed by atoms with E-state index in [1.165, 1.54) is 11.0 Å². The molecule has 2 aromatic carbocycles. The third-order valence-electron chi connectivity index (χ3n) is 6.31. The highest BCUT2D eigenvalue weighted by Gasteiger charge is 2.45. The lowest BCUT2D eigenvalue weighted by Gasteiger charge is -2.37. The van der Waals surface area contributed by atoms with Crippen molar-refractivity contribution in [2.75, 3.05) is 45.2 Å². The van der Waals surface area contributed by atoms with Crippen molar-refractivity contribution < 1.29 is 22.8 Å². The first-order valence-electron chi connectivity index (χ1n) is 11.7.